The van der Waals surface area contributed by atoms with E-state index in [9.17, 15) is 9.59 Å². The Morgan fingerprint density at radius 3 is 2.62 bits per heavy atom. The molecular weight excluding hydrogens is 328 g/mol. The van der Waals surface area contributed by atoms with Crippen LogP contribution in [-0.4, -0.2) is 42.5 Å². The fourth-order valence-electron chi connectivity index (χ4n) is 3.62. The number of carbonyl (C=O) groups excluding carboxylic acids is 2. The summed E-state index contributed by atoms with van der Waals surface area (Å²) >= 11 is 0. The molecule has 0 aliphatic carbocycles. The Morgan fingerprint density at radius 1 is 1.08 bits per heavy atom. The van der Waals surface area contributed by atoms with E-state index in [0.717, 1.165) is 11.1 Å². The summed E-state index contributed by atoms with van der Waals surface area (Å²) in [6.07, 6.45) is 4.38. The molecule has 132 valence electrons. The Labute approximate surface area is 152 Å². The van der Waals surface area contributed by atoms with Crippen LogP contribution in [0.4, 0.5) is 5.69 Å². The number of amides is 2. The molecule has 0 aromatic heterocycles. The summed E-state index contributed by atoms with van der Waals surface area (Å²) < 4.78 is 5.40. The zero-order chi connectivity index (χ0) is 18.1. The van der Waals surface area contributed by atoms with Crippen LogP contribution in [0.2, 0.25) is 0 Å². The van der Waals surface area contributed by atoms with Crippen LogP contribution in [-0.2, 0) is 9.53 Å². The Morgan fingerprint density at radius 2 is 1.85 bits per heavy atom. The molecule has 4 rings (SSSR count). The lowest BCUT2D eigenvalue weighted by atomic mass is 10.1. The van der Waals surface area contributed by atoms with Crippen molar-refractivity contribution in [3.8, 4) is 0 Å². The highest BCUT2D eigenvalue weighted by Crippen LogP contribution is 2.31. The summed E-state index contributed by atoms with van der Waals surface area (Å²) in [5, 5.41) is 2.88. The number of benzene rings is 2. The number of methoxy groups -OCH3 is 1. The summed E-state index contributed by atoms with van der Waals surface area (Å²) in [6.45, 7) is 0.527. The van der Waals surface area contributed by atoms with Crippen molar-refractivity contribution in [3.05, 3.63) is 65.2 Å². The minimum absolute atomic E-state index is 0.127. The molecular formula is C21H20N2O3. The highest BCUT2D eigenvalue weighted by atomic mass is 16.5. The van der Waals surface area contributed by atoms with Gasteiger partial charge >= 0.3 is 0 Å². The first kappa shape index (κ1) is 16.5. The molecule has 2 aromatic rings. The van der Waals surface area contributed by atoms with Gasteiger partial charge in [0.2, 0.25) is 5.91 Å². The summed E-state index contributed by atoms with van der Waals surface area (Å²) in [5.74, 6) is -0.313. The Bertz CT molecular complexity index is 876. The van der Waals surface area contributed by atoms with Crippen molar-refractivity contribution in [2.24, 2.45) is 0 Å². The maximum absolute atomic E-state index is 13.0. The van der Waals surface area contributed by atoms with Crippen molar-refractivity contribution in [1.29, 1.82) is 0 Å². The van der Waals surface area contributed by atoms with E-state index in [2.05, 4.69) is 5.32 Å². The van der Waals surface area contributed by atoms with E-state index >= 15 is 0 Å². The second-order valence-electron chi connectivity index (χ2n) is 6.54. The van der Waals surface area contributed by atoms with E-state index in [1.54, 1.807) is 18.1 Å². The normalized spacial score (nSPS) is 22.1. The number of nitrogens with one attached hydrogen (secondary N) is 1. The Balaban J connectivity index is 1.66. The number of carbonyl (C=O) groups is 2. The fraction of sp³-hybridized carbons (Fsp3) is 0.238. The first-order valence-electron chi connectivity index (χ1n) is 8.69. The lowest BCUT2D eigenvalue weighted by molar-refractivity contribution is -0.122. The van der Waals surface area contributed by atoms with E-state index in [1.165, 1.54) is 0 Å². The van der Waals surface area contributed by atoms with Gasteiger partial charge in [-0.25, -0.2) is 0 Å². The van der Waals surface area contributed by atoms with Gasteiger partial charge in [-0.15, -0.1) is 0 Å². The SMILES string of the molecule is CO[C@@H]1CCN2C(=O)c3cc(/C=C/c4ccccc4)ccc3NC(=O)[C@H]12. The molecule has 1 N–H and O–H groups in total. The van der Waals surface area contributed by atoms with Gasteiger partial charge in [0.1, 0.15) is 6.04 Å². The second-order valence-corrected chi connectivity index (χ2v) is 6.54. The molecule has 1 fully saturated rings. The average molecular weight is 348 g/mol. The minimum Gasteiger partial charge on any atom is -0.379 e. The van der Waals surface area contributed by atoms with E-state index in [0.29, 0.717) is 24.2 Å². The topological polar surface area (TPSA) is 58.6 Å². The van der Waals surface area contributed by atoms with Crippen molar-refractivity contribution >= 4 is 29.7 Å². The van der Waals surface area contributed by atoms with Gasteiger partial charge in [0.15, 0.2) is 0 Å². The number of hydrogen-bond acceptors (Lipinski definition) is 3. The molecule has 0 saturated carbocycles. The molecule has 2 aliphatic rings. The van der Waals surface area contributed by atoms with Crippen molar-refractivity contribution in [1.82, 2.24) is 4.90 Å². The van der Waals surface area contributed by atoms with Crippen molar-refractivity contribution in [2.45, 2.75) is 18.6 Å². The monoisotopic (exact) mass is 348 g/mol. The Kier molecular flexibility index (Phi) is 4.31. The summed E-state index contributed by atoms with van der Waals surface area (Å²) in [7, 11) is 1.58. The number of ether oxygens (including phenoxy) is 1. The molecule has 5 heteroatoms. The van der Waals surface area contributed by atoms with Gasteiger partial charge in [0, 0.05) is 13.7 Å². The average Bonchev–Trinajstić information content (AvgIpc) is 3.07. The molecule has 0 bridgehead atoms. The van der Waals surface area contributed by atoms with Gasteiger partial charge in [0.25, 0.3) is 5.91 Å². The number of anilines is 1. The molecule has 26 heavy (non-hydrogen) atoms. The third-order valence-electron chi connectivity index (χ3n) is 4.97. The summed E-state index contributed by atoms with van der Waals surface area (Å²) in [5.41, 5.74) is 3.08. The number of nitrogens with zero attached hydrogens (tertiary/aromatic N) is 1. The molecule has 2 aromatic carbocycles. The van der Waals surface area contributed by atoms with Gasteiger partial charge in [-0.2, -0.15) is 0 Å². The largest absolute Gasteiger partial charge is 0.379 e. The second kappa shape index (κ2) is 6.77. The fourth-order valence-corrected chi connectivity index (χ4v) is 3.62. The van der Waals surface area contributed by atoms with Crippen LogP contribution in [0.5, 0.6) is 0 Å². The lowest BCUT2D eigenvalue weighted by Crippen LogP contribution is -2.46. The highest BCUT2D eigenvalue weighted by Gasteiger charge is 2.44. The molecule has 0 radical (unpaired) electrons. The third kappa shape index (κ3) is 2.91. The van der Waals surface area contributed by atoms with Gasteiger partial charge in [0.05, 0.1) is 17.4 Å². The number of hydrogen-bond donors (Lipinski definition) is 1. The van der Waals surface area contributed by atoms with Gasteiger partial charge in [-0.3, -0.25) is 9.59 Å². The standard InChI is InChI=1S/C21H20N2O3/c1-26-18-11-12-23-19(18)20(24)22-17-10-9-15(13-16(17)21(23)25)8-7-14-5-3-2-4-6-14/h2-10,13,18-19H,11-12H2,1H3,(H,22,24)/b8-7+/t18-,19+/m1/s1. The van der Waals surface area contributed by atoms with Crippen LogP contribution in [0.3, 0.4) is 0 Å². The molecule has 2 amide bonds. The van der Waals surface area contributed by atoms with Gasteiger partial charge < -0.3 is 15.0 Å². The molecule has 2 atom stereocenters. The van der Waals surface area contributed by atoms with Crippen LogP contribution in [0.15, 0.2) is 48.5 Å². The predicted octanol–water partition coefficient (Wildman–Crippen LogP) is 3.04. The van der Waals surface area contributed by atoms with Crippen LogP contribution in [0.25, 0.3) is 12.2 Å². The maximum Gasteiger partial charge on any atom is 0.256 e. The molecule has 2 heterocycles. The number of rotatable bonds is 3. The van der Waals surface area contributed by atoms with Crippen molar-refractivity contribution in [3.63, 3.8) is 0 Å². The first-order valence-corrected chi connectivity index (χ1v) is 8.69. The Hall–Kier alpha value is -2.92. The van der Waals surface area contributed by atoms with Crippen LogP contribution < -0.4 is 5.32 Å². The summed E-state index contributed by atoms with van der Waals surface area (Å²) in [4.78, 5) is 27.2. The van der Waals surface area contributed by atoms with Crippen LogP contribution >= 0.6 is 0 Å². The maximum atomic E-state index is 13.0. The minimum atomic E-state index is -0.566. The van der Waals surface area contributed by atoms with E-state index < -0.39 is 6.04 Å². The molecule has 0 unspecified atom stereocenters. The molecule has 5 nitrogen and oxygen atoms in total. The summed E-state index contributed by atoms with van der Waals surface area (Å²) in [6, 6.07) is 14.9. The molecule has 0 spiro atoms. The van der Waals surface area contributed by atoms with E-state index in [1.807, 2.05) is 54.6 Å². The first-order chi connectivity index (χ1) is 12.7. The highest BCUT2D eigenvalue weighted by molar-refractivity contribution is 6.10. The molecule has 2 aliphatic heterocycles. The lowest BCUT2D eigenvalue weighted by Gasteiger charge is -2.23. The van der Waals surface area contributed by atoms with Gasteiger partial charge in [-0.05, 0) is 29.7 Å². The zero-order valence-corrected chi connectivity index (χ0v) is 14.5. The van der Waals surface area contributed by atoms with Gasteiger partial charge in [-0.1, -0.05) is 48.6 Å². The smallest absolute Gasteiger partial charge is 0.256 e. The van der Waals surface area contributed by atoms with Crippen molar-refractivity contribution in [2.75, 3.05) is 19.0 Å². The molecule has 1 saturated heterocycles. The third-order valence-corrected chi connectivity index (χ3v) is 4.97. The predicted molar refractivity (Wildman–Crippen MR) is 101 cm³/mol. The zero-order valence-electron chi connectivity index (χ0n) is 14.5. The van der Waals surface area contributed by atoms with E-state index in [4.69, 9.17) is 4.74 Å². The van der Waals surface area contributed by atoms with Crippen molar-refractivity contribution < 1.29 is 14.3 Å². The quantitative estimate of drug-likeness (QED) is 0.868. The van der Waals surface area contributed by atoms with Crippen LogP contribution in [0.1, 0.15) is 27.9 Å². The van der Waals surface area contributed by atoms with Crippen LogP contribution in [0, 0.1) is 0 Å². The van der Waals surface area contributed by atoms with E-state index in [-0.39, 0.29) is 17.9 Å². The number of fused-ring (bicyclic) bond motifs is 2.